The van der Waals surface area contributed by atoms with E-state index in [1.54, 1.807) is 0 Å². The number of esters is 3. The van der Waals surface area contributed by atoms with Crippen molar-refractivity contribution < 1.29 is 28.6 Å². The molecule has 0 saturated carbocycles. The molecule has 0 spiro atoms. The lowest BCUT2D eigenvalue weighted by molar-refractivity contribution is -0.166. The van der Waals surface area contributed by atoms with Crippen molar-refractivity contribution in [2.75, 3.05) is 13.2 Å². The van der Waals surface area contributed by atoms with Crippen molar-refractivity contribution in [3.63, 3.8) is 0 Å². The van der Waals surface area contributed by atoms with Gasteiger partial charge in [0.05, 0.1) is 0 Å². The van der Waals surface area contributed by atoms with Gasteiger partial charge in [-0.1, -0.05) is 209 Å². The number of ether oxygens (including phenoxy) is 3. The number of unbranched alkanes of at least 4 members (excludes halogenated alkanes) is 22. The van der Waals surface area contributed by atoms with Crippen LogP contribution in [0.25, 0.3) is 0 Å². The standard InChI is InChI=1S/C58H98O6/c1-4-7-10-13-16-19-22-25-27-29-31-33-36-39-42-45-48-51-57(60)63-54-55(53-62-56(59)50-47-44-41-38-35-32-24-21-18-15-12-9-6-3)64-58(61)52-49-46-43-40-37-34-30-28-26-23-20-17-14-11-8-5-2/h9,12,16,18-19,21,25,27-28,30,32,35,41,44,55H,4-8,10-11,13-15,17,20,22-24,26,29,31,33-34,36-40,42-43,45-54H2,1-3H3/b12-9-,19-16-,21-18-,27-25-,30-28-,35-32-,44-41-. The molecule has 1 unspecified atom stereocenters. The van der Waals surface area contributed by atoms with Crippen LogP contribution in [-0.4, -0.2) is 37.2 Å². The molecule has 0 aromatic rings. The van der Waals surface area contributed by atoms with E-state index >= 15 is 0 Å². The molecule has 64 heavy (non-hydrogen) atoms. The van der Waals surface area contributed by atoms with E-state index in [4.69, 9.17) is 14.2 Å². The highest BCUT2D eigenvalue weighted by molar-refractivity contribution is 5.71. The average Bonchev–Trinajstić information content (AvgIpc) is 3.29. The second-order valence-corrected chi connectivity index (χ2v) is 17.4. The van der Waals surface area contributed by atoms with Gasteiger partial charge >= 0.3 is 17.9 Å². The number of rotatable bonds is 47. The Morgan fingerprint density at radius 1 is 0.328 bits per heavy atom. The van der Waals surface area contributed by atoms with Gasteiger partial charge in [-0.3, -0.25) is 14.4 Å². The zero-order valence-corrected chi connectivity index (χ0v) is 41.8. The van der Waals surface area contributed by atoms with Crippen LogP contribution in [0.4, 0.5) is 0 Å². The molecule has 0 bridgehead atoms. The van der Waals surface area contributed by atoms with E-state index < -0.39 is 6.10 Å². The summed E-state index contributed by atoms with van der Waals surface area (Å²) in [7, 11) is 0. The molecular formula is C58H98O6. The summed E-state index contributed by atoms with van der Waals surface area (Å²) in [5, 5.41) is 0. The summed E-state index contributed by atoms with van der Waals surface area (Å²) in [5.41, 5.74) is 0. The van der Waals surface area contributed by atoms with Gasteiger partial charge in [-0.05, 0) is 103 Å². The molecule has 6 nitrogen and oxygen atoms in total. The maximum atomic E-state index is 12.8. The second-order valence-electron chi connectivity index (χ2n) is 17.4. The highest BCUT2D eigenvalue weighted by Gasteiger charge is 2.19. The third-order valence-electron chi connectivity index (χ3n) is 11.1. The van der Waals surface area contributed by atoms with Crippen molar-refractivity contribution in [2.45, 2.75) is 252 Å². The zero-order chi connectivity index (χ0) is 46.5. The summed E-state index contributed by atoms with van der Waals surface area (Å²) < 4.78 is 16.7. The molecule has 6 heteroatoms. The van der Waals surface area contributed by atoms with Crippen LogP contribution in [0.15, 0.2) is 85.1 Å². The zero-order valence-electron chi connectivity index (χ0n) is 41.8. The number of hydrogen-bond acceptors (Lipinski definition) is 6. The summed E-state index contributed by atoms with van der Waals surface area (Å²) in [6.07, 6.45) is 67.2. The minimum Gasteiger partial charge on any atom is -0.462 e. The highest BCUT2D eigenvalue weighted by atomic mass is 16.6. The molecule has 0 aromatic heterocycles. The van der Waals surface area contributed by atoms with Gasteiger partial charge in [-0.2, -0.15) is 0 Å². The summed E-state index contributed by atoms with van der Waals surface area (Å²) in [6, 6.07) is 0. The van der Waals surface area contributed by atoms with Crippen LogP contribution in [0.2, 0.25) is 0 Å². The predicted molar refractivity (Wildman–Crippen MR) is 274 cm³/mol. The van der Waals surface area contributed by atoms with Crippen molar-refractivity contribution in [3.8, 4) is 0 Å². The van der Waals surface area contributed by atoms with E-state index in [2.05, 4.69) is 93.7 Å². The number of carbonyl (C=O) groups excluding carboxylic acids is 3. The first-order valence-corrected chi connectivity index (χ1v) is 26.6. The Labute approximate surface area is 395 Å². The summed E-state index contributed by atoms with van der Waals surface area (Å²) in [6.45, 7) is 6.42. The Bertz CT molecular complexity index is 1250. The monoisotopic (exact) mass is 891 g/mol. The van der Waals surface area contributed by atoms with Gasteiger partial charge in [0.2, 0.25) is 0 Å². The van der Waals surface area contributed by atoms with Gasteiger partial charge in [0.1, 0.15) is 13.2 Å². The third-order valence-corrected chi connectivity index (χ3v) is 11.1. The SMILES string of the molecule is CC/C=C\C/C=C\C/C=C\C/C=C\CCC(=O)OCC(COC(=O)CCCCCCCCC/C=C\C/C=C\CCCCC)OC(=O)CCCCCCC/C=C\CCCCCCCCC. The first-order valence-electron chi connectivity index (χ1n) is 26.6. The van der Waals surface area contributed by atoms with Gasteiger partial charge in [0.15, 0.2) is 6.10 Å². The van der Waals surface area contributed by atoms with Crippen molar-refractivity contribution in [1.82, 2.24) is 0 Å². The van der Waals surface area contributed by atoms with E-state index in [-0.39, 0.29) is 37.5 Å². The van der Waals surface area contributed by atoms with Crippen LogP contribution in [0.5, 0.6) is 0 Å². The molecule has 0 aliphatic carbocycles. The minimum absolute atomic E-state index is 0.106. The molecule has 366 valence electrons. The molecule has 0 aromatic carbocycles. The van der Waals surface area contributed by atoms with E-state index in [9.17, 15) is 14.4 Å². The Morgan fingerprint density at radius 2 is 0.641 bits per heavy atom. The first kappa shape index (κ1) is 60.6. The lowest BCUT2D eigenvalue weighted by Crippen LogP contribution is -2.30. The highest BCUT2D eigenvalue weighted by Crippen LogP contribution is 2.14. The van der Waals surface area contributed by atoms with Gasteiger partial charge < -0.3 is 14.2 Å². The van der Waals surface area contributed by atoms with Gasteiger partial charge in [-0.15, -0.1) is 0 Å². The molecule has 0 rings (SSSR count). The molecule has 0 aliphatic heterocycles. The van der Waals surface area contributed by atoms with Crippen LogP contribution in [0, 0.1) is 0 Å². The molecule has 0 heterocycles. The van der Waals surface area contributed by atoms with Crippen molar-refractivity contribution in [1.29, 1.82) is 0 Å². The van der Waals surface area contributed by atoms with E-state index in [1.807, 2.05) is 12.2 Å². The van der Waals surface area contributed by atoms with Crippen LogP contribution < -0.4 is 0 Å². The molecule has 1 atom stereocenters. The molecule has 0 fully saturated rings. The van der Waals surface area contributed by atoms with Gasteiger partial charge in [-0.25, -0.2) is 0 Å². The van der Waals surface area contributed by atoms with Crippen molar-refractivity contribution in [2.24, 2.45) is 0 Å². The van der Waals surface area contributed by atoms with Crippen LogP contribution in [0.3, 0.4) is 0 Å². The maximum absolute atomic E-state index is 12.8. The van der Waals surface area contributed by atoms with Crippen LogP contribution >= 0.6 is 0 Å². The largest absolute Gasteiger partial charge is 0.462 e. The fourth-order valence-electron chi connectivity index (χ4n) is 7.13. The minimum atomic E-state index is -0.812. The lowest BCUT2D eigenvalue weighted by Gasteiger charge is -2.18. The van der Waals surface area contributed by atoms with Crippen LogP contribution in [0.1, 0.15) is 245 Å². The van der Waals surface area contributed by atoms with E-state index in [0.29, 0.717) is 19.3 Å². The maximum Gasteiger partial charge on any atom is 0.306 e. The lowest BCUT2D eigenvalue weighted by atomic mass is 10.1. The topological polar surface area (TPSA) is 78.9 Å². The molecular weight excluding hydrogens is 793 g/mol. The smallest absolute Gasteiger partial charge is 0.306 e. The Hall–Kier alpha value is -3.41. The quantitative estimate of drug-likeness (QED) is 0.0262. The summed E-state index contributed by atoms with van der Waals surface area (Å²) in [4.78, 5) is 38.0. The molecule has 0 N–H and O–H groups in total. The average molecular weight is 891 g/mol. The number of allylic oxidation sites excluding steroid dienone is 14. The Morgan fingerprint density at radius 3 is 1.09 bits per heavy atom. The Balaban J connectivity index is 4.48. The third kappa shape index (κ3) is 49.6. The Kier molecular flexibility index (Phi) is 49.4. The predicted octanol–water partition coefficient (Wildman–Crippen LogP) is 17.6. The molecule has 0 saturated heterocycles. The molecule has 0 radical (unpaired) electrons. The fraction of sp³-hybridized carbons (Fsp3) is 0.707. The van der Waals surface area contributed by atoms with Gasteiger partial charge in [0.25, 0.3) is 0 Å². The molecule has 0 aliphatic rings. The summed E-state index contributed by atoms with van der Waals surface area (Å²) in [5.74, 6) is -1.01. The number of carbonyl (C=O) groups is 3. The fourth-order valence-corrected chi connectivity index (χ4v) is 7.13. The van der Waals surface area contributed by atoms with E-state index in [0.717, 1.165) is 89.9 Å². The molecule has 0 amide bonds. The normalized spacial score (nSPS) is 12.7. The van der Waals surface area contributed by atoms with Crippen molar-refractivity contribution in [3.05, 3.63) is 85.1 Å². The second kappa shape index (κ2) is 52.2. The van der Waals surface area contributed by atoms with E-state index in [1.165, 1.54) is 109 Å². The number of hydrogen-bond donors (Lipinski definition) is 0. The van der Waals surface area contributed by atoms with Crippen LogP contribution in [-0.2, 0) is 28.6 Å². The summed E-state index contributed by atoms with van der Waals surface area (Å²) >= 11 is 0. The van der Waals surface area contributed by atoms with Crippen molar-refractivity contribution >= 4 is 17.9 Å². The van der Waals surface area contributed by atoms with Gasteiger partial charge in [0, 0.05) is 19.3 Å². The first-order chi connectivity index (χ1) is 31.5.